The lowest BCUT2D eigenvalue weighted by Gasteiger charge is -2.28. The van der Waals surface area contributed by atoms with Crippen molar-refractivity contribution in [2.75, 3.05) is 4.90 Å². The van der Waals surface area contributed by atoms with Gasteiger partial charge in [-0.2, -0.15) is 0 Å². The van der Waals surface area contributed by atoms with Crippen molar-refractivity contribution in [2.45, 2.75) is 19.3 Å². The van der Waals surface area contributed by atoms with Gasteiger partial charge < -0.3 is 9.47 Å². The number of anilines is 3. The Morgan fingerprint density at radius 3 is 1.79 bits per heavy atom. The highest BCUT2D eigenvalue weighted by atomic mass is 32.1. The van der Waals surface area contributed by atoms with Gasteiger partial charge in [0.1, 0.15) is 0 Å². The molecule has 0 bridgehead atoms. The van der Waals surface area contributed by atoms with Crippen LogP contribution in [0.1, 0.15) is 25.0 Å². The molecule has 312 valence electrons. The molecule has 1 aliphatic carbocycles. The Kier molecular flexibility index (Phi) is 8.78. The number of nitrogens with zero attached hydrogens (tertiary/aromatic N) is 2. The number of thiophene rings is 1. The maximum atomic E-state index is 2.44. The van der Waals surface area contributed by atoms with Crippen LogP contribution in [-0.4, -0.2) is 4.57 Å². The molecule has 0 saturated carbocycles. The van der Waals surface area contributed by atoms with E-state index < -0.39 is 0 Å². The molecule has 0 spiro atoms. The van der Waals surface area contributed by atoms with E-state index in [4.69, 9.17) is 0 Å². The smallest absolute Gasteiger partial charge is 0.0541 e. The molecule has 0 radical (unpaired) electrons. The van der Waals surface area contributed by atoms with Crippen molar-refractivity contribution in [1.29, 1.82) is 0 Å². The normalized spacial score (nSPS) is 12.8. The zero-order valence-electron chi connectivity index (χ0n) is 36.7. The quantitative estimate of drug-likeness (QED) is 0.155. The molecule has 13 rings (SSSR count). The van der Waals surface area contributed by atoms with E-state index in [0.29, 0.717) is 0 Å². The zero-order chi connectivity index (χ0) is 43.9. The third kappa shape index (κ3) is 5.94. The Morgan fingerprint density at radius 1 is 0.394 bits per heavy atom. The molecule has 2 heterocycles. The Morgan fingerprint density at radius 2 is 0.970 bits per heavy atom. The fraction of sp³-hybridized carbons (Fsp3) is 0.0476. The minimum atomic E-state index is -0.0569. The summed E-state index contributed by atoms with van der Waals surface area (Å²) >= 11 is 1.88. The SMILES string of the molecule is CC1(C)c2ccccc2-c2c(-c3ccc(N(c4ccc(-c5ccc6c(c5)c5ccccc5n6-c5ccccc5)cc4)c4ccccc4-c4cccc5c4sc4ccccc45)cc3)cccc21. The molecule has 0 N–H and O–H groups in total. The molecule has 0 unspecified atom stereocenters. The van der Waals surface area contributed by atoms with Gasteiger partial charge in [0.25, 0.3) is 0 Å². The van der Waals surface area contributed by atoms with Crippen molar-refractivity contribution < 1.29 is 0 Å². The second kappa shape index (κ2) is 15.1. The summed E-state index contributed by atoms with van der Waals surface area (Å²) in [7, 11) is 0. The van der Waals surface area contributed by atoms with Crippen LogP contribution in [0, 0.1) is 0 Å². The summed E-state index contributed by atoms with van der Waals surface area (Å²) in [4.78, 5) is 2.44. The van der Waals surface area contributed by atoms with E-state index in [1.807, 2.05) is 11.3 Å². The van der Waals surface area contributed by atoms with Crippen LogP contribution in [0.5, 0.6) is 0 Å². The molecule has 12 aromatic rings. The standard InChI is InChI=1S/C63H44N2S/c1-63(2)55-25-10-6-21-53(55)61-47(22-15-26-56(61)63)42-32-37-46(38-33-42)64(57-27-11-7-18-48(57)51-23-14-24-52-50-20-9-13-29-60(50)66-62(51)52)45-35-30-41(31-36-45)43-34-39-59-54(40-43)49-19-8-12-28-58(49)65(59)44-16-4-3-5-17-44/h3-40H,1-2H3. The molecule has 0 fully saturated rings. The van der Waals surface area contributed by atoms with Gasteiger partial charge in [-0.3, -0.25) is 0 Å². The van der Waals surface area contributed by atoms with Crippen LogP contribution in [0.15, 0.2) is 231 Å². The predicted octanol–water partition coefficient (Wildman–Crippen LogP) is 17.9. The van der Waals surface area contributed by atoms with Crippen LogP contribution in [0.2, 0.25) is 0 Å². The number of para-hydroxylation sites is 3. The molecule has 0 aliphatic heterocycles. The maximum Gasteiger partial charge on any atom is 0.0541 e. The monoisotopic (exact) mass is 860 g/mol. The number of hydrogen-bond donors (Lipinski definition) is 0. The van der Waals surface area contributed by atoms with Crippen molar-refractivity contribution in [3.8, 4) is 50.2 Å². The first kappa shape index (κ1) is 38.5. The Labute approximate surface area is 388 Å². The Balaban J connectivity index is 0.950. The van der Waals surface area contributed by atoms with E-state index in [1.165, 1.54) is 103 Å². The largest absolute Gasteiger partial charge is 0.310 e. The van der Waals surface area contributed by atoms with Gasteiger partial charge in [-0.05, 0) is 111 Å². The molecule has 10 aromatic carbocycles. The second-order valence-corrected chi connectivity index (χ2v) is 19.1. The molecule has 1 aliphatic rings. The van der Waals surface area contributed by atoms with Gasteiger partial charge in [0.05, 0.1) is 16.7 Å². The topological polar surface area (TPSA) is 8.17 Å². The summed E-state index contributed by atoms with van der Waals surface area (Å²) < 4.78 is 4.99. The van der Waals surface area contributed by atoms with E-state index in [0.717, 1.165) is 17.1 Å². The predicted molar refractivity (Wildman–Crippen MR) is 282 cm³/mol. The summed E-state index contributed by atoms with van der Waals surface area (Å²) in [6, 6.07) is 85.0. The average Bonchev–Trinajstić information content (AvgIpc) is 4.00. The summed E-state index contributed by atoms with van der Waals surface area (Å²) in [5.74, 6) is 0. The van der Waals surface area contributed by atoms with Crippen LogP contribution in [0.3, 0.4) is 0 Å². The minimum absolute atomic E-state index is 0.0569. The van der Waals surface area contributed by atoms with Crippen molar-refractivity contribution >= 4 is 70.4 Å². The first-order valence-corrected chi connectivity index (χ1v) is 23.7. The van der Waals surface area contributed by atoms with Crippen molar-refractivity contribution in [2.24, 2.45) is 0 Å². The number of benzene rings is 10. The van der Waals surface area contributed by atoms with E-state index in [2.05, 4.69) is 254 Å². The number of aromatic nitrogens is 1. The second-order valence-electron chi connectivity index (χ2n) is 18.0. The lowest BCUT2D eigenvalue weighted by atomic mass is 9.82. The third-order valence-electron chi connectivity index (χ3n) is 14.0. The van der Waals surface area contributed by atoms with Gasteiger partial charge in [-0.1, -0.05) is 178 Å². The van der Waals surface area contributed by atoms with Crippen molar-refractivity contribution in [3.05, 3.63) is 242 Å². The fourth-order valence-electron chi connectivity index (χ4n) is 10.9. The Bertz CT molecular complexity index is 3830. The summed E-state index contributed by atoms with van der Waals surface area (Å²) in [6.45, 7) is 4.71. The molecule has 0 saturated heterocycles. The van der Waals surface area contributed by atoms with Crippen LogP contribution in [-0.2, 0) is 5.41 Å². The van der Waals surface area contributed by atoms with E-state index in [9.17, 15) is 0 Å². The number of fused-ring (bicyclic) bond motifs is 9. The zero-order valence-corrected chi connectivity index (χ0v) is 37.6. The third-order valence-corrected chi connectivity index (χ3v) is 15.2. The minimum Gasteiger partial charge on any atom is -0.310 e. The fourth-order valence-corrected chi connectivity index (χ4v) is 12.1. The molecule has 2 aromatic heterocycles. The average molecular weight is 861 g/mol. The van der Waals surface area contributed by atoms with Crippen LogP contribution >= 0.6 is 11.3 Å². The summed E-state index contributed by atoms with van der Waals surface area (Å²) in [6.07, 6.45) is 0. The van der Waals surface area contributed by atoms with Gasteiger partial charge in [-0.25, -0.2) is 0 Å². The van der Waals surface area contributed by atoms with Crippen LogP contribution in [0.4, 0.5) is 17.1 Å². The van der Waals surface area contributed by atoms with Gasteiger partial charge in [0.2, 0.25) is 0 Å². The summed E-state index contributed by atoms with van der Waals surface area (Å²) in [5.41, 5.74) is 19.6. The van der Waals surface area contributed by atoms with Gasteiger partial charge >= 0.3 is 0 Å². The highest BCUT2D eigenvalue weighted by Crippen LogP contribution is 2.53. The van der Waals surface area contributed by atoms with Crippen LogP contribution < -0.4 is 4.90 Å². The van der Waals surface area contributed by atoms with Gasteiger partial charge in [0, 0.05) is 64.5 Å². The molecule has 66 heavy (non-hydrogen) atoms. The number of rotatable bonds is 7. The molecular weight excluding hydrogens is 817 g/mol. The molecule has 0 amide bonds. The number of hydrogen-bond acceptors (Lipinski definition) is 2. The van der Waals surface area contributed by atoms with Crippen molar-refractivity contribution in [1.82, 2.24) is 4.57 Å². The van der Waals surface area contributed by atoms with E-state index >= 15 is 0 Å². The van der Waals surface area contributed by atoms with Gasteiger partial charge in [0.15, 0.2) is 0 Å². The summed E-state index contributed by atoms with van der Waals surface area (Å²) in [5, 5.41) is 5.11. The first-order valence-electron chi connectivity index (χ1n) is 22.8. The highest BCUT2D eigenvalue weighted by Gasteiger charge is 2.36. The molecule has 0 atom stereocenters. The lowest BCUT2D eigenvalue weighted by molar-refractivity contribution is 0.660. The lowest BCUT2D eigenvalue weighted by Crippen LogP contribution is -2.14. The molecule has 3 heteroatoms. The highest BCUT2D eigenvalue weighted by molar-refractivity contribution is 7.26. The van der Waals surface area contributed by atoms with E-state index in [-0.39, 0.29) is 5.41 Å². The maximum absolute atomic E-state index is 2.44. The molecule has 2 nitrogen and oxygen atoms in total. The first-order chi connectivity index (χ1) is 32.5. The van der Waals surface area contributed by atoms with Crippen LogP contribution in [0.25, 0.3) is 92.2 Å². The van der Waals surface area contributed by atoms with E-state index in [1.54, 1.807) is 0 Å². The Hall–Kier alpha value is -7.98. The van der Waals surface area contributed by atoms with Crippen molar-refractivity contribution in [3.63, 3.8) is 0 Å². The van der Waals surface area contributed by atoms with Gasteiger partial charge in [-0.15, -0.1) is 11.3 Å². The molecular formula is C63H44N2S.